The zero-order valence-electron chi connectivity index (χ0n) is 17.9. The maximum Gasteiger partial charge on any atom is 0.0991 e. The second kappa shape index (κ2) is 9.62. The van der Waals surface area contributed by atoms with Crippen molar-refractivity contribution in [2.75, 3.05) is 0 Å². The number of hydrogen-bond donors (Lipinski definition) is 0. The summed E-state index contributed by atoms with van der Waals surface area (Å²) in [4.78, 5) is 0. The molecular weight excluding hydrogens is 350 g/mol. The van der Waals surface area contributed by atoms with Crippen molar-refractivity contribution in [3.8, 4) is 17.2 Å². The van der Waals surface area contributed by atoms with Gasteiger partial charge in [0.2, 0.25) is 0 Å². The molecule has 0 bridgehead atoms. The maximum atomic E-state index is 8.96. The average molecular weight is 386 g/mol. The summed E-state index contributed by atoms with van der Waals surface area (Å²) in [6.07, 6.45) is 14.4. The molecule has 0 amide bonds. The first-order valence-electron chi connectivity index (χ1n) is 11.9. The number of hydrogen-bond acceptors (Lipinski definition) is 1. The number of nitrogens with zero attached hydrogens (tertiary/aromatic N) is 1. The van der Waals surface area contributed by atoms with Gasteiger partial charge in [-0.3, -0.25) is 0 Å². The van der Waals surface area contributed by atoms with Crippen LogP contribution < -0.4 is 0 Å². The molecule has 2 saturated carbocycles. The lowest BCUT2D eigenvalue weighted by Crippen LogP contribution is -2.25. The minimum atomic E-state index is 0.723. The lowest BCUT2D eigenvalue weighted by Gasteiger charge is -2.38. The maximum absolute atomic E-state index is 8.96. The van der Waals surface area contributed by atoms with E-state index < -0.39 is 0 Å². The Morgan fingerprint density at radius 2 is 1.24 bits per heavy atom. The molecule has 0 unspecified atom stereocenters. The number of benzene rings is 2. The fourth-order valence-corrected chi connectivity index (χ4v) is 5.97. The minimum absolute atomic E-state index is 0.723. The van der Waals surface area contributed by atoms with Crippen molar-refractivity contribution in [1.82, 2.24) is 0 Å². The van der Waals surface area contributed by atoms with Crippen LogP contribution in [0.3, 0.4) is 0 Å². The SMILES string of the molecule is CCC[C@H]1CC[C@H](C2CCC(c3ccc(-c4ccc(C#N)cc4)cc3)CC2)CC1. The average Bonchev–Trinajstić information content (AvgIpc) is 2.80. The summed E-state index contributed by atoms with van der Waals surface area (Å²) in [7, 11) is 0. The van der Waals surface area contributed by atoms with Gasteiger partial charge >= 0.3 is 0 Å². The predicted molar refractivity (Wildman–Crippen MR) is 122 cm³/mol. The summed E-state index contributed by atoms with van der Waals surface area (Å²) in [6.45, 7) is 2.34. The van der Waals surface area contributed by atoms with E-state index in [1.807, 2.05) is 24.3 Å². The van der Waals surface area contributed by atoms with Crippen LogP contribution in [0.1, 0.15) is 88.2 Å². The van der Waals surface area contributed by atoms with Gasteiger partial charge in [-0.25, -0.2) is 0 Å². The third-order valence-electron chi connectivity index (χ3n) is 7.76. The van der Waals surface area contributed by atoms with Crippen molar-refractivity contribution in [2.45, 2.75) is 77.0 Å². The molecule has 2 fully saturated rings. The van der Waals surface area contributed by atoms with Gasteiger partial charge in [-0.15, -0.1) is 0 Å². The first kappa shape index (κ1) is 20.2. The monoisotopic (exact) mass is 385 g/mol. The van der Waals surface area contributed by atoms with Crippen molar-refractivity contribution in [3.05, 3.63) is 59.7 Å². The molecule has 0 aliphatic heterocycles. The summed E-state index contributed by atoms with van der Waals surface area (Å²) in [6, 6.07) is 19.3. The number of nitriles is 1. The number of rotatable bonds is 5. The Morgan fingerprint density at radius 1 is 0.724 bits per heavy atom. The van der Waals surface area contributed by atoms with Crippen LogP contribution >= 0.6 is 0 Å². The Hall–Kier alpha value is -2.07. The fourth-order valence-electron chi connectivity index (χ4n) is 5.97. The van der Waals surface area contributed by atoms with Gasteiger partial charge in [-0.05, 0) is 91.0 Å². The van der Waals surface area contributed by atoms with Crippen LogP contribution in [0.5, 0.6) is 0 Å². The Balaban J connectivity index is 1.30. The Kier molecular flexibility index (Phi) is 6.70. The van der Waals surface area contributed by atoms with Gasteiger partial charge in [0.1, 0.15) is 0 Å². The van der Waals surface area contributed by atoms with E-state index in [0.717, 1.165) is 29.2 Å². The summed E-state index contributed by atoms with van der Waals surface area (Å²) >= 11 is 0. The van der Waals surface area contributed by atoms with Gasteiger partial charge in [-0.1, -0.05) is 69.0 Å². The van der Waals surface area contributed by atoms with Crippen molar-refractivity contribution >= 4 is 0 Å². The first-order valence-corrected chi connectivity index (χ1v) is 11.9. The second-order valence-electron chi connectivity index (χ2n) is 9.49. The van der Waals surface area contributed by atoms with E-state index in [-0.39, 0.29) is 0 Å². The third-order valence-corrected chi connectivity index (χ3v) is 7.76. The highest BCUT2D eigenvalue weighted by molar-refractivity contribution is 5.64. The van der Waals surface area contributed by atoms with Crippen LogP contribution in [-0.4, -0.2) is 0 Å². The van der Waals surface area contributed by atoms with E-state index >= 15 is 0 Å². The van der Waals surface area contributed by atoms with Crippen LogP contribution in [0.25, 0.3) is 11.1 Å². The molecule has 29 heavy (non-hydrogen) atoms. The molecule has 2 aromatic rings. The third kappa shape index (κ3) is 4.92. The highest BCUT2D eigenvalue weighted by atomic mass is 14.4. The largest absolute Gasteiger partial charge is 0.192 e. The van der Waals surface area contributed by atoms with Crippen molar-refractivity contribution < 1.29 is 0 Å². The molecule has 2 aliphatic carbocycles. The first-order chi connectivity index (χ1) is 14.3. The van der Waals surface area contributed by atoms with Crippen LogP contribution in [0, 0.1) is 29.1 Å². The molecule has 1 nitrogen and oxygen atoms in total. The topological polar surface area (TPSA) is 23.8 Å². The van der Waals surface area contributed by atoms with E-state index in [4.69, 9.17) is 5.26 Å². The van der Waals surface area contributed by atoms with Gasteiger partial charge in [0, 0.05) is 0 Å². The van der Waals surface area contributed by atoms with Crippen molar-refractivity contribution in [1.29, 1.82) is 5.26 Å². The van der Waals surface area contributed by atoms with Gasteiger partial charge in [-0.2, -0.15) is 5.26 Å². The molecule has 2 aromatic carbocycles. The lowest BCUT2D eigenvalue weighted by molar-refractivity contribution is 0.156. The highest BCUT2D eigenvalue weighted by Crippen LogP contribution is 2.44. The van der Waals surface area contributed by atoms with E-state index in [1.165, 1.54) is 80.9 Å². The summed E-state index contributed by atoms with van der Waals surface area (Å²) in [5.74, 6) is 3.79. The molecule has 0 atom stereocenters. The standard InChI is InChI=1S/C28H35N/c1-2-3-21-4-8-23(9-5-21)25-12-16-27(17-13-25)28-18-14-26(15-19-28)24-10-6-22(20-29)7-11-24/h6-7,10-11,14-15,18-19,21,23,25,27H,2-5,8-9,12-13,16-17H2,1H3/t21-,23-,25?,27?. The van der Waals surface area contributed by atoms with Gasteiger partial charge in [0.25, 0.3) is 0 Å². The second-order valence-corrected chi connectivity index (χ2v) is 9.49. The fraction of sp³-hybridized carbons (Fsp3) is 0.536. The van der Waals surface area contributed by atoms with E-state index in [9.17, 15) is 0 Å². The van der Waals surface area contributed by atoms with Crippen molar-refractivity contribution in [2.24, 2.45) is 17.8 Å². The molecule has 4 rings (SSSR count). The van der Waals surface area contributed by atoms with Crippen LogP contribution in [0.15, 0.2) is 48.5 Å². The van der Waals surface area contributed by atoms with Crippen molar-refractivity contribution in [3.63, 3.8) is 0 Å². The Bertz CT molecular complexity index is 795. The molecule has 0 radical (unpaired) electrons. The van der Waals surface area contributed by atoms with Gasteiger partial charge < -0.3 is 0 Å². The molecular formula is C28H35N. The molecule has 0 aromatic heterocycles. The van der Waals surface area contributed by atoms with Gasteiger partial charge in [0.15, 0.2) is 0 Å². The molecule has 0 N–H and O–H groups in total. The molecule has 0 heterocycles. The summed E-state index contributed by atoms with van der Waals surface area (Å²) in [5.41, 5.74) is 4.68. The summed E-state index contributed by atoms with van der Waals surface area (Å²) in [5, 5.41) is 8.96. The predicted octanol–water partition coefficient (Wildman–Crippen LogP) is 8.11. The lowest BCUT2D eigenvalue weighted by atomic mass is 9.68. The quantitative estimate of drug-likeness (QED) is 0.510. The van der Waals surface area contributed by atoms with E-state index in [2.05, 4.69) is 37.3 Å². The smallest absolute Gasteiger partial charge is 0.0991 e. The van der Waals surface area contributed by atoms with E-state index in [0.29, 0.717) is 0 Å². The Morgan fingerprint density at radius 3 is 1.76 bits per heavy atom. The molecule has 2 aliphatic rings. The Labute approximate surface area is 177 Å². The zero-order chi connectivity index (χ0) is 20.1. The highest BCUT2D eigenvalue weighted by Gasteiger charge is 2.31. The van der Waals surface area contributed by atoms with Crippen LogP contribution in [-0.2, 0) is 0 Å². The van der Waals surface area contributed by atoms with Crippen LogP contribution in [0.4, 0.5) is 0 Å². The van der Waals surface area contributed by atoms with Gasteiger partial charge in [0.05, 0.1) is 11.6 Å². The molecule has 1 heteroatoms. The molecule has 152 valence electrons. The van der Waals surface area contributed by atoms with E-state index in [1.54, 1.807) is 0 Å². The summed E-state index contributed by atoms with van der Waals surface area (Å²) < 4.78 is 0. The molecule has 0 spiro atoms. The minimum Gasteiger partial charge on any atom is -0.192 e. The normalized spacial score (nSPS) is 27.3. The van der Waals surface area contributed by atoms with Crippen LogP contribution in [0.2, 0.25) is 0 Å². The molecule has 0 saturated heterocycles. The zero-order valence-corrected chi connectivity index (χ0v) is 17.9.